The van der Waals surface area contributed by atoms with Gasteiger partial charge in [-0.25, -0.2) is 23.9 Å². The highest BCUT2D eigenvalue weighted by atomic mass is 19.1. The Morgan fingerprint density at radius 3 is 2.65 bits per heavy atom. The van der Waals surface area contributed by atoms with Crippen LogP contribution in [-0.4, -0.2) is 40.8 Å². The number of fused-ring (bicyclic) bond motifs is 3. The first kappa shape index (κ1) is 28.2. The van der Waals surface area contributed by atoms with Gasteiger partial charge in [-0.15, -0.1) is 0 Å². The van der Waals surface area contributed by atoms with Crippen molar-refractivity contribution in [1.82, 2.24) is 9.97 Å². The third-order valence-electron chi connectivity index (χ3n) is 7.33. The minimum absolute atomic E-state index is 0.0652. The van der Waals surface area contributed by atoms with E-state index in [0.717, 1.165) is 11.1 Å². The van der Waals surface area contributed by atoms with Crippen molar-refractivity contribution in [3.63, 3.8) is 0 Å². The minimum atomic E-state index is -0.796. The summed E-state index contributed by atoms with van der Waals surface area (Å²) in [6.07, 6.45) is 2.25. The molecule has 0 aliphatic carbocycles. The van der Waals surface area contributed by atoms with E-state index in [1.54, 1.807) is 45.2 Å². The molecule has 10 nitrogen and oxygen atoms in total. The predicted molar refractivity (Wildman–Crippen MR) is 162 cm³/mol. The van der Waals surface area contributed by atoms with Gasteiger partial charge in [-0.3, -0.25) is 5.32 Å². The zero-order valence-corrected chi connectivity index (χ0v) is 24.8. The molecule has 2 aliphatic heterocycles. The second-order valence-corrected chi connectivity index (χ2v) is 12.1. The van der Waals surface area contributed by atoms with Gasteiger partial charge in [-0.05, 0) is 76.8 Å². The van der Waals surface area contributed by atoms with Crippen molar-refractivity contribution in [2.45, 2.75) is 52.7 Å². The average molecular weight is 586 g/mol. The van der Waals surface area contributed by atoms with Gasteiger partial charge in [0, 0.05) is 46.7 Å². The summed E-state index contributed by atoms with van der Waals surface area (Å²) in [6.45, 7) is 11.8. The number of amides is 1. The fraction of sp³-hybridized carbons (Fsp3) is 0.312. The Morgan fingerprint density at radius 1 is 1.09 bits per heavy atom. The highest BCUT2D eigenvalue weighted by Gasteiger charge is 2.37. The van der Waals surface area contributed by atoms with Gasteiger partial charge < -0.3 is 24.8 Å². The number of nitrogens with zero attached hydrogens (tertiary/aromatic N) is 2. The molecule has 2 aromatic carbocycles. The largest absolute Gasteiger partial charge is 0.474 e. The number of hydrogen-bond donors (Lipinski definition) is 3. The normalized spacial score (nSPS) is 15.1. The highest BCUT2D eigenvalue weighted by molar-refractivity contribution is 6.04. The quantitative estimate of drug-likeness (QED) is 0.216. The molecule has 0 saturated heterocycles. The van der Waals surface area contributed by atoms with E-state index in [1.165, 1.54) is 6.20 Å². The lowest BCUT2D eigenvalue weighted by Gasteiger charge is -2.23. The lowest BCUT2D eigenvalue weighted by atomic mass is 9.95. The van der Waals surface area contributed by atoms with E-state index in [2.05, 4.69) is 25.9 Å². The number of anilines is 4. The van der Waals surface area contributed by atoms with Gasteiger partial charge in [0.15, 0.2) is 5.82 Å². The van der Waals surface area contributed by atoms with Crippen molar-refractivity contribution in [2.75, 3.05) is 29.1 Å². The molecule has 0 unspecified atom stereocenters. The minimum Gasteiger partial charge on any atom is -0.474 e. The second-order valence-electron chi connectivity index (χ2n) is 12.1. The van der Waals surface area contributed by atoms with Crippen molar-refractivity contribution < 1.29 is 28.2 Å². The third-order valence-corrected chi connectivity index (χ3v) is 7.33. The first-order chi connectivity index (χ1) is 20.3. The van der Waals surface area contributed by atoms with E-state index in [9.17, 15) is 9.59 Å². The van der Waals surface area contributed by atoms with Gasteiger partial charge in [-0.2, -0.15) is 0 Å². The molecule has 2 aliphatic rings. The summed E-state index contributed by atoms with van der Waals surface area (Å²) in [4.78, 5) is 34.1. The Balaban J connectivity index is 1.45. The van der Waals surface area contributed by atoms with Crippen molar-refractivity contribution in [3.8, 4) is 17.0 Å². The number of nitrogens with one attached hydrogen (secondary N) is 3. The first-order valence-corrected chi connectivity index (χ1v) is 13.9. The van der Waals surface area contributed by atoms with Crippen LogP contribution < -0.4 is 20.7 Å². The van der Waals surface area contributed by atoms with Crippen LogP contribution in [0.15, 0.2) is 42.7 Å². The summed E-state index contributed by atoms with van der Waals surface area (Å²) >= 11 is 0. The monoisotopic (exact) mass is 585 g/mol. The number of rotatable bonds is 4. The van der Waals surface area contributed by atoms with Crippen molar-refractivity contribution in [1.29, 1.82) is 0 Å². The van der Waals surface area contributed by atoms with Crippen LogP contribution in [0.5, 0.6) is 5.88 Å². The van der Waals surface area contributed by atoms with Crippen molar-refractivity contribution in [2.24, 2.45) is 0 Å². The number of ether oxygens (including phenoxy) is 3. The fourth-order valence-electron chi connectivity index (χ4n) is 5.36. The maximum atomic E-state index is 16.3. The molecule has 43 heavy (non-hydrogen) atoms. The fourth-order valence-corrected chi connectivity index (χ4v) is 5.36. The Kier molecular flexibility index (Phi) is 6.63. The Bertz CT molecular complexity index is 1810. The number of pyridine rings is 2. The summed E-state index contributed by atoms with van der Waals surface area (Å²) in [5.74, 6) is -0.128. The molecule has 0 spiro atoms. The molecule has 222 valence electrons. The maximum absolute atomic E-state index is 16.3. The molecule has 6 rings (SSSR count). The molecular formula is C32H32FN5O5. The number of carbonyl (C=O) groups is 2. The highest BCUT2D eigenvalue weighted by Crippen LogP contribution is 2.41. The number of halogens is 1. The molecule has 0 bridgehead atoms. The zero-order valence-electron chi connectivity index (χ0n) is 24.8. The van der Waals surface area contributed by atoms with Gasteiger partial charge in [0.25, 0.3) is 0 Å². The Hall–Kier alpha value is -4.93. The van der Waals surface area contributed by atoms with Gasteiger partial charge in [0.2, 0.25) is 5.88 Å². The molecule has 0 saturated carbocycles. The molecule has 3 N–H and O–H groups in total. The van der Waals surface area contributed by atoms with E-state index in [4.69, 9.17) is 14.2 Å². The van der Waals surface area contributed by atoms with Crippen LogP contribution in [0, 0.1) is 12.7 Å². The van der Waals surface area contributed by atoms with E-state index < -0.39 is 23.1 Å². The predicted octanol–water partition coefficient (Wildman–Crippen LogP) is 7.04. The zero-order chi connectivity index (χ0) is 30.7. The molecule has 4 aromatic rings. The number of esters is 1. The van der Waals surface area contributed by atoms with Crippen molar-refractivity contribution in [3.05, 3.63) is 65.2 Å². The van der Waals surface area contributed by atoms with Crippen molar-refractivity contribution >= 4 is 45.7 Å². The van der Waals surface area contributed by atoms with E-state index in [-0.39, 0.29) is 17.2 Å². The SMILES string of the molecule is Cc1c(-c2cc3cc(Nc4ccc5c(c4)C(=O)OC5(C)C)ncc3c(NC(=O)OC(C)(C)C)c2F)cnc2c1NCCO2. The Morgan fingerprint density at radius 2 is 1.88 bits per heavy atom. The summed E-state index contributed by atoms with van der Waals surface area (Å²) in [5, 5.41) is 10.1. The number of benzene rings is 2. The second kappa shape index (κ2) is 10.1. The summed E-state index contributed by atoms with van der Waals surface area (Å²) in [5.41, 5.74) is 2.60. The summed E-state index contributed by atoms with van der Waals surface area (Å²) in [7, 11) is 0. The molecule has 0 fully saturated rings. The third kappa shape index (κ3) is 5.26. The van der Waals surface area contributed by atoms with Crippen LogP contribution in [0.4, 0.5) is 32.1 Å². The number of carbonyl (C=O) groups excluding carboxylic acids is 2. The molecule has 4 heterocycles. The Labute approximate surface area is 248 Å². The number of aromatic nitrogens is 2. The summed E-state index contributed by atoms with van der Waals surface area (Å²) in [6, 6.07) is 8.86. The molecule has 2 aromatic heterocycles. The topological polar surface area (TPSA) is 124 Å². The lowest BCUT2D eigenvalue weighted by molar-refractivity contribution is 0.00951. The molecule has 0 atom stereocenters. The lowest BCUT2D eigenvalue weighted by Crippen LogP contribution is -2.27. The molecule has 1 amide bonds. The van der Waals surface area contributed by atoms with Crippen LogP contribution in [0.1, 0.15) is 56.1 Å². The maximum Gasteiger partial charge on any atom is 0.412 e. The van der Waals surface area contributed by atoms with Crippen LogP contribution in [0.2, 0.25) is 0 Å². The molecule has 0 radical (unpaired) electrons. The molecule has 11 heteroatoms. The van der Waals surface area contributed by atoms with Gasteiger partial charge in [0.05, 0.1) is 11.3 Å². The molecular weight excluding hydrogens is 553 g/mol. The first-order valence-electron chi connectivity index (χ1n) is 13.9. The van der Waals surface area contributed by atoms with Gasteiger partial charge >= 0.3 is 12.1 Å². The average Bonchev–Trinajstić information content (AvgIpc) is 3.16. The van der Waals surface area contributed by atoms with E-state index in [1.807, 2.05) is 32.9 Å². The van der Waals surface area contributed by atoms with Crippen LogP contribution in [0.3, 0.4) is 0 Å². The smallest absolute Gasteiger partial charge is 0.412 e. The van der Waals surface area contributed by atoms with E-state index >= 15 is 4.39 Å². The number of hydrogen-bond acceptors (Lipinski definition) is 9. The van der Waals surface area contributed by atoms with Crippen LogP contribution in [0.25, 0.3) is 21.9 Å². The number of cyclic esters (lactones) is 1. The van der Waals surface area contributed by atoms with Gasteiger partial charge in [-0.1, -0.05) is 6.07 Å². The standard InChI is InChI=1S/C32H32FN5O5/c1-16-21(14-36-28-26(16)34-9-10-41-28)19-11-17-12-24(37-18-7-8-23-20(13-18)29(39)42-32(23,5)6)35-15-22(17)27(25(19)33)38-30(40)43-31(2,3)4/h7-8,11-15,34H,9-10H2,1-6H3,(H,35,37)(H,38,40). The van der Waals surface area contributed by atoms with Gasteiger partial charge in [0.1, 0.15) is 29.3 Å². The van der Waals surface area contributed by atoms with E-state index in [0.29, 0.717) is 58.1 Å². The van der Waals surface area contributed by atoms with Crippen LogP contribution >= 0.6 is 0 Å². The summed E-state index contributed by atoms with van der Waals surface area (Å²) < 4.78 is 32.9. The van der Waals surface area contributed by atoms with Crippen LogP contribution in [-0.2, 0) is 15.1 Å².